The molecule has 2 atom stereocenters. The van der Waals surface area contributed by atoms with Crippen LogP contribution in [0.25, 0.3) is 0 Å². The molecule has 2 amide bonds. The number of carbonyl (C=O) groups is 2. The molecule has 0 spiro atoms. The van der Waals surface area contributed by atoms with Crippen molar-refractivity contribution in [2.24, 2.45) is 5.92 Å². The summed E-state index contributed by atoms with van der Waals surface area (Å²) in [5.41, 5.74) is 0.958. The van der Waals surface area contributed by atoms with Crippen LogP contribution in [0.15, 0.2) is 59.5 Å². The van der Waals surface area contributed by atoms with Crippen LogP contribution in [0.3, 0.4) is 0 Å². The Morgan fingerprint density at radius 1 is 0.964 bits per heavy atom. The Hall–Kier alpha value is -2.67. The molecule has 0 aliphatic carbocycles. The zero-order valence-electron chi connectivity index (χ0n) is 16.3. The van der Waals surface area contributed by atoms with E-state index in [9.17, 15) is 18.0 Å². The van der Waals surface area contributed by atoms with Crippen molar-refractivity contribution in [3.63, 3.8) is 0 Å². The van der Waals surface area contributed by atoms with Gasteiger partial charge in [0.25, 0.3) is 5.91 Å². The molecule has 2 rings (SSSR count). The Morgan fingerprint density at radius 3 is 2.11 bits per heavy atom. The first-order chi connectivity index (χ1) is 13.3. The first-order valence-electron chi connectivity index (χ1n) is 9.28. The van der Waals surface area contributed by atoms with Crippen LogP contribution in [0, 0.1) is 5.92 Å². The Bertz CT molecular complexity index is 909. The summed E-state index contributed by atoms with van der Waals surface area (Å²) < 4.78 is 23.8. The van der Waals surface area contributed by atoms with E-state index in [2.05, 4.69) is 10.6 Å². The molecule has 0 fully saturated rings. The molecule has 0 aromatic heterocycles. The van der Waals surface area contributed by atoms with Crippen molar-refractivity contribution in [2.45, 2.75) is 38.1 Å². The Balaban J connectivity index is 2.14. The lowest BCUT2D eigenvalue weighted by molar-refractivity contribution is -0.119. The number of rotatable bonds is 8. The summed E-state index contributed by atoms with van der Waals surface area (Å²) in [5.74, 6) is -0.720. The highest BCUT2D eigenvalue weighted by atomic mass is 32.2. The van der Waals surface area contributed by atoms with Crippen LogP contribution in [-0.2, 0) is 14.6 Å². The number of carbonyl (C=O) groups excluding carboxylic acids is 2. The van der Waals surface area contributed by atoms with Crippen molar-refractivity contribution in [1.82, 2.24) is 5.32 Å². The van der Waals surface area contributed by atoms with Gasteiger partial charge in [-0.1, -0.05) is 45.4 Å². The van der Waals surface area contributed by atoms with Crippen LogP contribution >= 0.6 is 0 Å². The third-order valence-corrected chi connectivity index (χ3v) is 6.43. The molecule has 150 valence electrons. The van der Waals surface area contributed by atoms with Crippen molar-refractivity contribution >= 4 is 27.3 Å². The van der Waals surface area contributed by atoms with Crippen molar-refractivity contribution in [2.75, 3.05) is 11.1 Å². The first-order valence-corrected chi connectivity index (χ1v) is 10.9. The second-order valence-electron chi connectivity index (χ2n) is 6.62. The molecule has 0 radical (unpaired) electrons. The monoisotopic (exact) mass is 402 g/mol. The van der Waals surface area contributed by atoms with Gasteiger partial charge in [-0.2, -0.15) is 0 Å². The molecule has 0 bridgehead atoms. The fourth-order valence-corrected chi connectivity index (χ4v) is 3.53. The lowest BCUT2D eigenvalue weighted by Crippen LogP contribution is -2.47. The normalized spacial score (nSPS) is 13.4. The number of hydrogen-bond donors (Lipinski definition) is 2. The van der Waals surface area contributed by atoms with Gasteiger partial charge in [0.1, 0.15) is 6.04 Å². The Morgan fingerprint density at radius 2 is 1.57 bits per heavy atom. The maximum atomic E-state index is 12.8. The van der Waals surface area contributed by atoms with E-state index in [1.165, 1.54) is 12.1 Å². The highest BCUT2D eigenvalue weighted by Gasteiger charge is 2.26. The molecule has 0 heterocycles. The standard InChI is InChI=1S/C21H26N2O4S/c1-4-15(3)19(23-20(24)16-9-7-6-8-10-16)21(25)22-17-11-13-18(14-12-17)28(26,27)5-2/h6-15,19H,4-5H2,1-3H3,(H,22,25)(H,23,24). The van der Waals surface area contributed by atoms with Crippen molar-refractivity contribution in [3.8, 4) is 0 Å². The third-order valence-electron chi connectivity index (χ3n) is 4.68. The minimum Gasteiger partial charge on any atom is -0.340 e. The van der Waals surface area contributed by atoms with Gasteiger partial charge in [-0.15, -0.1) is 0 Å². The maximum absolute atomic E-state index is 12.8. The minimum atomic E-state index is -3.29. The summed E-state index contributed by atoms with van der Waals surface area (Å²) >= 11 is 0. The van der Waals surface area contributed by atoms with Gasteiger partial charge < -0.3 is 10.6 Å². The largest absolute Gasteiger partial charge is 0.340 e. The van der Waals surface area contributed by atoms with Gasteiger partial charge in [0.2, 0.25) is 5.91 Å². The number of sulfone groups is 1. The molecule has 7 heteroatoms. The Kier molecular flexibility index (Phi) is 7.34. The predicted octanol–water partition coefficient (Wildman–Crippen LogP) is 3.26. The quantitative estimate of drug-likeness (QED) is 0.709. The molecular weight excluding hydrogens is 376 g/mol. The van der Waals surface area contributed by atoms with Gasteiger partial charge in [0.05, 0.1) is 10.6 Å². The number of amides is 2. The molecule has 0 saturated heterocycles. The second kappa shape index (κ2) is 9.50. The van der Waals surface area contributed by atoms with Gasteiger partial charge in [-0.3, -0.25) is 9.59 Å². The van der Waals surface area contributed by atoms with Gasteiger partial charge in [0.15, 0.2) is 9.84 Å². The predicted molar refractivity (Wildman–Crippen MR) is 110 cm³/mol. The third kappa shape index (κ3) is 5.42. The molecule has 2 unspecified atom stereocenters. The lowest BCUT2D eigenvalue weighted by atomic mass is 9.97. The second-order valence-corrected chi connectivity index (χ2v) is 8.90. The van der Waals surface area contributed by atoms with Crippen LogP contribution < -0.4 is 10.6 Å². The summed E-state index contributed by atoms with van der Waals surface area (Å²) in [7, 11) is -3.29. The van der Waals surface area contributed by atoms with Gasteiger partial charge in [-0.25, -0.2) is 8.42 Å². The smallest absolute Gasteiger partial charge is 0.251 e. The van der Waals surface area contributed by atoms with E-state index >= 15 is 0 Å². The molecule has 2 N–H and O–H groups in total. The van der Waals surface area contributed by atoms with E-state index in [0.29, 0.717) is 17.7 Å². The molecule has 0 aliphatic heterocycles. The van der Waals surface area contributed by atoms with Crippen LogP contribution in [0.5, 0.6) is 0 Å². The summed E-state index contributed by atoms with van der Waals surface area (Å²) in [6, 6.07) is 14.0. The molecule has 0 saturated carbocycles. The molecule has 2 aromatic carbocycles. The zero-order valence-corrected chi connectivity index (χ0v) is 17.1. The molecular formula is C21H26N2O4S. The van der Waals surface area contributed by atoms with E-state index < -0.39 is 15.9 Å². The fraction of sp³-hybridized carbons (Fsp3) is 0.333. The number of hydrogen-bond acceptors (Lipinski definition) is 4. The van der Waals surface area contributed by atoms with Gasteiger partial charge in [0, 0.05) is 11.3 Å². The van der Waals surface area contributed by atoms with Crippen LogP contribution in [0.2, 0.25) is 0 Å². The first kappa shape index (κ1) is 21.6. The van der Waals surface area contributed by atoms with Crippen molar-refractivity contribution in [3.05, 3.63) is 60.2 Å². The van der Waals surface area contributed by atoms with Crippen LogP contribution in [0.1, 0.15) is 37.6 Å². The van der Waals surface area contributed by atoms with Crippen molar-refractivity contribution in [1.29, 1.82) is 0 Å². The van der Waals surface area contributed by atoms with E-state index in [1.807, 2.05) is 19.9 Å². The summed E-state index contributed by atoms with van der Waals surface area (Å²) in [5, 5.41) is 5.56. The lowest BCUT2D eigenvalue weighted by Gasteiger charge is -2.23. The Labute approximate surface area is 166 Å². The SMILES string of the molecule is CCC(C)C(NC(=O)c1ccccc1)C(=O)Nc1ccc(S(=O)(=O)CC)cc1. The van der Waals surface area contributed by atoms with E-state index in [4.69, 9.17) is 0 Å². The molecule has 0 aliphatic rings. The molecule has 6 nitrogen and oxygen atoms in total. The topological polar surface area (TPSA) is 92.3 Å². The average Bonchev–Trinajstić information content (AvgIpc) is 2.72. The highest BCUT2D eigenvalue weighted by molar-refractivity contribution is 7.91. The van der Waals surface area contributed by atoms with Crippen molar-refractivity contribution < 1.29 is 18.0 Å². The summed E-state index contributed by atoms with van der Waals surface area (Å²) in [6.07, 6.45) is 0.709. The number of nitrogens with one attached hydrogen (secondary N) is 2. The average molecular weight is 403 g/mol. The van der Waals surface area contributed by atoms with E-state index in [0.717, 1.165) is 0 Å². The highest BCUT2D eigenvalue weighted by Crippen LogP contribution is 2.17. The fourth-order valence-electron chi connectivity index (χ4n) is 2.65. The zero-order chi connectivity index (χ0) is 20.7. The molecule has 2 aromatic rings. The van der Waals surface area contributed by atoms with Gasteiger partial charge in [-0.05, 0) is 42.3 Å². The van der Waals surface area contributed by atoms with Gasteiger partial charge >= 0.3 is 0 Å². The maximum Gasteiger partial charge on any atom is 0.251 e. The van der Waals surface area contributed by atoms with E-state index in [-0.39, 0.29) is 28.4 Å². The van der Waals surface area contributed by atoms with Crippen LogP contribution in [0.4, 0.5) is 5.69 Å². The number of benzene rings is 2. The number of anilines is 1. The summed E-state index contributed by atoms with van der Waals surface area (Å²) in [4.78, 5) is 25.4. The molecule has 28 heavy (non-hydrogen) atoms. The minimum absolute atomic E-state index is 0.0142. The van der Waals surface area contributed by atoms with E-state index in [1.54, 1.807) is 43.3 Å². The van der Waals surface area contributed by atoms with Crippen LogP contribution in [-0.4, -0.2) is 32.0 Å². The summed E-state index contributed by atoms with van der Waals surface area (Å²) in [6.45, 7) is 5.42.